The minimum atomic E-state index is -4.65. The van der Waals surface area contributed by atoms with Gasteiger partial charge in [0.25, 0.3) is 10.0 Å². The van der Waals surface area contributed by atoms with Crippen molar-refractivity contribution in [1.82, 2.24) is 0 Å². The zero-order valence-electron chi connectivity index (χ0n) is 13.0. The number of carbonyl (C=O) groups excluding carboxylic acids is 1. The first-order valence-electron chi connectivity index (χ1n) is 6.98. The van der Waals surface area contributed by atoms with Gasteiger partial charge in [-0.25, -0.2) is 8.42 Å². The van der Waals surface area contributed by atoms with Crippen LogP contribution in [0.4, 0.5) is 18.9 Å². The molecule has 2 aromatic rings. The molecule has 2 rings (SSSR count). The first-order chi connectivity index (χ1) is 11.7. The van der Waals surface area contributed by atoms with Crippen molar-refractivity contribution in [3.63, 3.8) is 0 Å². The fraction of sp³-hybridized carbons (Fsp3) is 0.188. The van der Waals surface area contributed by atoms with Crippen molar-refractivity contribution in [3.8, 4) is 0 Å². The highest BCUT2D eigenvalue weighted by Gasteiger charge is 2.33. The standard InChI is InChI=1S/C16H14F3NO4S/c1-24-15(21)11-20(25(22,23)14-8-3-2-4-9-14)13-7-5-6-12(10-13)16(17,18)19/h2-10H,11H2,1H3. The van der Waals surface area contributed by atoms with E-state index in [0.29, 0.717) is 10.4 Å². The number of anilines is 1. The van der Waals surface area contributed by atoms with Gasteiger partial charge in [0, 0.05) is 0 Å². The molecule has 0 saturated carbocycles. The van der Waals surface area contributed by atoms with Crippen molar-refractivity contribution in [2.75, 3.05) is 18.0 Å². The molecule has 0 atom stereocenters. The van der Waals surface area contributed by atoms with Crippen LogP contribution in [0, 0.1) is 0 Å². The number of sulfonamides is 1. The number of nitrogens with zero attached hydrogens (tertiary/aromatic N) is 1. The molecule has 0 unspecified atom stereocenters. The minimum absolute atomic E-state index is 0.156. The van der Waals surface area contributed by atoms with Crippen molar-refractivity contribution in [2.24, 2.45) is 0 Å². The Kier molecular flexibility index (Phi) is 5.36. The summed E-state index contributed by atoms with van der Waals surface area (Å²) in [4.78, 5) is 11.4. The number of esters is 1. The summed E-state index contributed by atoms with van der Waals surface area (Å²) < 4.78 is 69.4. The topological polar surface area (TPSA) is 63.7 Å². The van der Waals surface area contributed by atoms with E-state index in [-0.39, 0.29) is 10.6 Å². The summed E-state index contributed by atoms with van der Waals surface area (Å²) in [5.41, 5.74) is -1.31. The lowest BCUT2D eigenvalue weighted by molar-refractivity contribution is -0.139. The molecular weight excluding hydrogens is 359 g/mol. The predicted molar refractivity (Wildman–Crippen MR) is 84.4 cm³/mol. The lowest BCUT2D eigenvalue weighted by Gasteiger charge is -2.24. The van der Waals surface area contributed by atoms with Crippen LogP contribution >= 0.6 is 0 Å². The number of rotatable bonds is 5. The summed E-state index contributed by atoms with van der Waals surface area (Å²) >= 11 is 0. The molecule has 0 heterocycles. The van der Waals surface area contributed by atoms with Crippen molar-refractivity contribution in [1.29, 1.82) is 0 Å². The van der Waals surface area contributed by atoms with Gasteiger partial charge >= 0.3 is 12.1 Å². The van der Waals surface area contributed by atoms with Gasteiger partial charge in [0.1, 0.15) is 6.54 Å². The molecule has 0 fully saturated rings. The van der Waals surface area contributed by atoms with Crippen molar-refractivity contribution in [2.45, 2.75) is 11.1 Å². The summed E-state index contributed by atoms with van der Waals surface area (Å²) in [5.74, 6) is -0.906. The monoisotopic (exact) mass is 373 g/mol. The number of alkyl halides is 3. The Morgan fingerprint density at radius 2 is 1.72 bits per heavy atom. The van der Waals surface area contributed by atoms with Gasteiger partial charge in [-0.1, -0.05) is 24.3 Å². The number of halogens is 3. The summed E-state index contributed by atoms with van der Waals surface area (Å²) in [6.45, 7) is -0.755. The molecule has 0 bridgehead atoms. The number of methoxy groups -OCH3 is 1. The maximum absolute atomic E-state index is 12.9. The fourth-order valence-corrected chi connectivity index (χ4v) is 3.48. The number of carbonyl (C=O) groups is 1. The molecule has 5 nitrogen and oxygen atoms in total. The third-order valence-electron chi connectivity index (χ3n) is 3.29. The third-order valence-corrected chi connectivity index (χ3v) is 5.08. The number of hydrogen-bond acceptors (Lipinski definition) is 4. The van der Waals surface area contributed by atoms with Crippen LogP contribution in [0.2, 0.25) is 0 Å². The zero-order valence-corrected chi connectivity index (χ0v) is 13.8. The average Bonchev–Trinajstić information content (AvgIpc) is 2.59. The number of hydrogen-bond donors (Lipinski definition) is 0. The highest BCUT2D eigenvalue weighted by atomic mass is 32.2. The van der Waals surface area contributed by atoms with Crippen molar-refractivity contribution >= 4 is 21.7 Å². The molecule has 25 heavy (non-hydrogen) atoms. The van der Waals surface area contributed by atoms with Crippen molar-refractivity contribution < 1.29 is 31.1 Å². The van der Waals surface area contributed by atoms with Crippen LogP contribution in [0.3, 0.4) is 0 Å². The van der Waals surface area contributed by atoms with Crippen LogP contribution in [0.15, 0.2) is 59.5 Å². The van der Waals surface area contributed by atoms with E-state index in [1.165, 1.54) is 30.3 Å². The second-order valence-corrected chi connectivity index (χ2v) is 6.81. The SMILES string of the molecule is COC(=O)CN(c1cccc(C(F)(F)F)c1)S(=O)(=O)c1ccccc1. The van der Waals surface area contributed by atoms with E-state index in [0.717, 1.165) is 19.2 Å². The van der Waals surface area contributed by atoms with E-state index in [4.69, 9.17) is 0 Å². The van der Waals surface area contributed by atoms with Crippen LogP contribution in [0.5, 0.6) is 0 Å². The highest BCUT2D eigenvalue weighted by molar-refractivity contribution is 7.92. The lowest BCUT2D eigenvalue weighted by atomic mass is 10.2. The highest BCUT2D eigenvalue weighted by Crippen LogP contribution is 2.33. The van der Waals surface area contributed by atoms with Crippen LogP contribution in [0.1, 0.15) is 5.56 Å². The second-order valence-electron chi connectivity index (χ2n) is 4.95. The summed E-state index contributed by atoms with van der Waals surface area (Å²) in [5, 5.41) is 0. The molecule has 0 aliphatic rings. The largest absolute Gasteiger partial charge is 0.468 e. The van der Waals surface area contributed by atoms with Crippen LogP contribution < -0.4 is 4.31 Å². The van der Waals surface area contributed by atoms with Crippen LogP contribution in [-0.2, 0) is 25.7 Å². The molecule has 0 aliphatic carbocycles. The first kappa shape index (κ1) is 18.8. The number of benzene rings is 2. The first-order valence-corrected chi connectivity index (χ1v) is 8.42. The minimum Gasteiger partial charge on any atom is -0.468 e. The average molecular weight is 373 g/mol. The lowest BCUT2D eigenvalue weighted by Crippen LogP contribution is -2.36. The Balaban J connectivity index is 2.56. The Morgan fingerprint density at radius 3 is 2.28 bits per heavy atom. The van der Waals surface area contributed by atoms with E-state index >= 15 is 0 Å². The molecule has 9 heteroatoms. The summed E-state index contributed by atoms with van der Waals surface area (Å²) in [6, 6.07) is 10.8. The zero-order chi connectivity index (χ0) is 18.7. The molecular formula is C16H14F3NO4S. The normalized spacial score (nSPS) is 11.8. The number of ether oxygens (including phenoxy) is 1. The second kappa shape index (κ2) is 7.14. The fourth-order valence-electron chi connectivity index (χ4n) is 2.05. The molecule has 2 aromatic carbocycles. The van der Waals surface area contributed by atoms with E-state index in [1.807, 2.05) is 0 Å². The van der Waals surface area contributed by atoms with Gasteiger partial charge in [0.05, 0.1) is 23.3 Å². The Bertz CT molecular complexity index is 851. The molecule has 0 aliphatic heterocycles. The third kappa shape index (κ3) is 4.30. The molecule has 0 saturated heterocycles. The molecule has 134 valence electrons. The van der Waals surface area contributed by atoms with Gasteiger partial charge in [0.2, 0.25) is 0 Å². The molecule has 0 radical (unpaired) electrons. The maximum Gasteiger partial charge on any atom is 0.416 e. The quantitative estimate of drug-likeness (QED) is 0.756. The van der Waals surface area contributed by atoms with Crippen molar-refractivity contribution in [3.05, 3.63) is 60.2 Å². The van der Waals surface area contributed by atoms with Crippen LogP contribution in [0.25, 0.3) is 0 Å². The van der Waals surface area contributed by atoms with Gasteiger partial charge in [-0.3, -0.25) is 9.10 Å². The summed E-state index contributed by atoms with van der Waals surface area (Å²) in [6.07, 6.45) is -4.65. The van der Waals surface area contributed by atoms with Gasteiger partial charge in [0.15, 0.2) is 0 Å². The smallest absolute Gasteiger partial charge is 0.416 e. The Labute approximate surface area is 142 Å². The molecule has 0 aromatic heterocycles. The van der Waals surface area contributed by atoms with Crippen LogP contribution in [-0.4, -0.2) is 28.0 Å². The van der Waals surface area contributed by atoms with Gasteiger partial charge < -0.3 is 4.74 Å². The van der Waals surface area contributed by atoms with E-state index in [2.05, 4.69) is 4.74 Å². The van der Waals surface area contributed by atoms with E-state index in [9.17, 15) is 26.4 Å². The van der Waals surface area contributed by atoms with E-state index < -0.39 is 34.3 Å². The van der Waals surface area contributed by atoms with E-state index in [1.54, 1.807) is 6.07 Å². The maximum atomic E-state index is 12.9. The predicted octanol–water partition coefficient (Wildman–Crippen LogP) is 3.07. The molecule has 0 spiro atoms. The van der Waals surface area contributed by atoms with Gasteiger partial charge in [-0.2, -0.15) is 13.2 Å². The molecule has 0 N–H and O–H groups in total. The Morgan fingerprint density at radius 1 is 1.08 bits per heavy atom. The Hall–Kier alpha value is -2.55. The van der Waals surface area contributed by atoms with Gasteiger partial charge in [-0.05, 0) is 30.3 Å². The molecule has 0 amide bonds. The van der Waals surface area contributed by atoms with Gasteiger partial charge in [-0.15, -0.1) is 0 Å². The summed E-state index contributed by atoms with van der Waals surface area (Å²) in [7, 11) is -3.20.